The van der Waals surface area contributed by atoms with Crippen LogP contribution in [0, 0.1) is 0 Å². The molecular formula is C20H30N4O7. The SMILES string of the molecule is CC(NC(=O)C(NC(=O)C(N)Cc1ccccc1)C(C)O)C(=O)NC(C(=O)O)C(C)O. The number of carboxylic acids is 1. The Bertz CT molecular complexity index is 770. The van der Waals surface area contributed by atoms with Crippen LogP contribution in [0.3, 0.4) is 0 Å². The van der Waals surface area contributed by atoms with Gasteiger partial charge in [-0.25, -0.2) is 4.79 Å². The van der Waals surface area contributed by atoms with Gasteiger partial charge >= 0.3 is 5.97 Å². The summed E-state index contributed by atoms with van der Waals surface area (Å²) in [4.78, 5) is 48.1. The molecule has 0 aromatic heterocycles. The number of aliphatic hydroxyl groups excluding tert-OH is 2. The van der Waals surface area contributed by atoms with Gasteiger partial charge in [0.05, 0.1) is 18.2 Å². The number of nitrogens with one attached hydrogen (secondary N) is 3. The minimum atomic E-state index is -1.56. The fraction of sp³-hybridized carbons (Fsp3) is 0.500. The number of rotatable bonds is 11. The van der Waals surface area contributed by atoms with Crippen molar-refractivity contribution in [3.05, 3.63) is 35.9 Å². The molecule has 11 heteroatoms. The lowest BCUT2D eigenvalue weighted by molar-refractivity contribution is -0.145. The van der Waals surface area contributed by atoms with Crippen LogP contribution >= 0.6 is 0 Å². The number of amides is 3. The lowest BCUT2D eigenvalue weighted by atomic mass is 10.0. The highest BCUT2D eigenvalue weighted by atomic mass is 16.4. The number of carbonyl (C=O) groups is 4. The Morgan fingerprint density at radius 1 is 0.839 bits per heavy atom. The predicted molar refractivity (Wildman–Crippen MR) is 111 cm³/mol. The van der Waals surface area contributed by atoms with Crippen molar-refractivity contribution in [2.75, 3.05) is 0 Å². The van der Waals surface area contributed by atoms with Gasteiger partial charge in [-0.1, -0.05) is 30.3 Å². The summed E-state index contributed by atoms with van der Waals surface area (Å²) in [5.74, 6) is -3.83. The van der Waals surface area contributed by atoms with Crippen molar-refractivity contribution < 1.29 is 34.5 Å². The summed E-state index contributed by atoms with van der Waals surface area (Å²) in [6.45, 7) is 3.77. The minimum Gasteiger partial charge on any atom is -0.480 e. The summed E-state index contributed by atoms with van der Waals surface area (Å²) < 4.78 is 0. The second-order valence-electron chi connectivity index (χ2n) is 7.32. The highest BCUT2D eigenvalue weighted by Crippen LogP contribution is 2.03. The lowest BCUT2D eigenvalue weighted by Gasteiger charge is -2.25. The van der Waals surface area contributed by atoms with Crippen molar-refractivity contribution in [1.82, 2.24) is 16.0 Å². The van der Waals surface area contributed by atoms with Gasteiger partial charge in [-0.15, -0.1) is 0 Å². The first-order chi connectivity index (χ1) is 14.4. The van der Waals surface area contributed by atoms with E-state index < -0.39 is 60.1 Å². The zero-order chi connectivity index (χ0) is 23.7. The number of nitrogens with two attached hydrogens (primary N) is 1. The minimum absolute atomic E-state index is 0.218. The van der Waals surface area contributed by atoms with Crippen LogP contribution in [0.2, 0.25) is 0 Å². The summed E-state index contributed by atoms with van der Waals surface area (Å²) in [5, 5.41) is 35.1. The van der Waals surface area contributed by atoms with Crippen molar-refractivity contribution in [1.29, 1.82) is 0 Å². The van der Waals surface area contributed by atoms with Crippen LogP contribution in [0.4, 0.5) is 0 Å². The molecule has 11 nitrogen and oxygen atoms in total. The Morgan fingerprint density at radius 2 is 1.35 bits per heavy atom. The quantitative estimate of drug-likeness (QED) is 0.204. The maximum absolute atomic E-state index is 12.5. The lowest BCUT2D eigenvalue weighted by Crippen LogP contribution is -2.60. The third-order valence-electron chi connectivity index (χ3n) is 4.50. The monoisotopic (exact) mass is 438 g/mol. The molecule has 0 aliphatic carbocycles. The third-order valence-corrected chi connectivity index (χ3v) is 4.50. The average Bonchev–Trinajstić information content (AvgIpc) is 2.69. The molecule has 3 amide bonds. The van der Waals surface area contributed by atoms with Crippen LogP contribution in [-0.4, -0.2) is 75.4 Å². The molecule has 1 aromatic carbocycles. The van der Waals surface area contributed by atoms with E-state index in [4.69, 9.17) is 10.8 Å². The topological polar surface area (TPSA) is 191 Å². The molecule has 0 aliphatic rings. The maximum atomic E-state index is 12.5. The van der Waals surface area contributed by atoms with E-state index in [-0.39, 0.29) is 6.42 Å². The fourth-order valence-corrected chi connectivity index (χ4v) is 2.66. The van der Waals surface area contributed by atoms with Crippen molar-refractivity contribution >= 4 is 23.7 Å². The van der Waals surface area contributed by atoms with Crippen molar-refractivity contribution in [2.45, 2.75) is 63.6 Å². The van der Waals surface area contributed by atoms with Crippen molar-refractivity contribution in [3.63, 3.8) is 0 Å². The van der Waals surface area contributed by atoms with Crippen molar-refractivity contribution in [3.8, 4) is 0 Å². The zero-order valence-electron chi connectivity index (χ0n) is 17.6. The molecule has 6 atom stereocenters. The second-order valence-corrected chi connectivity index (χ2v) is 7.32. The fourth-order valence-electron chi connectivity index (χ4n) is 2.66. The van der Waals surface area contributed by atoms with E-state index in [2.05, 4.69) is 16.0 Å². The Labute approximate surface area is 180 Å². The van der Waals surface area contributed by atoms with Gasteiger partial charge < -0.3 is 37.0 Å². The number of carbonyl (C=O) groups excluding carboxylic acids is 3. The molecule has 172 valence electrons. The van der Waals surface area contributed by atoms with Crippen LogP contribution in [0.15, 0.2) is 30.3 Å². The molecule has 1 rings (SSSR count). The molecule has 0 bridgehead atoms. The largest absolute Gasteiger partial charge is 0.480 e. The van der Waals surface area contributed by atoms with Crippen molar-refractivity contribution in [2.24, 2.45) is 5.73 Å². The standard InChI is InChI=1S/C20H30N4O7/c1-10(17(27)24-16(12(3)26)20(30)31)22-19(29)15(11(2)25)23-18(28)14(21)9-13-7-5-4-6-8-13/h4-8,10-12,14-16,25-26H,9,21H2,1-3H3,(H,22,29)(H,23,28)(H,24,27)(H,30,31). The van der Waals surface area contributed by atoms with Gasteiger partial charge in [-0.3, -0.25) is 14.4 Å². The van der Waals surface area contributed by atoms with Gasteiger partial charge in [0.1, 0.15) is 12.1 Å². The smallest absolute Gasteiger partial charge is 0.328 e. The van der Waals surface area contributed by atoms with Gasteiger partial charge in [0, 0.05) is 0 Å². The molecular weight excluding hydrogens is 408 g/mol. The summed E-state index contributed by atoms with van der Waals surface area (Å²) in [7, 11) is 0. The molecule has 0 spiro atoms. The second kappa shape index (κ2) is 12.0. The number of benzene rings is 1. The molecule has 0 aliphatic heterocycles. The Kier molecular flexibility index (Phi) is 10.1. The molecule has 1 aromatic rings. The normalized spacial score (nSPS) is 16.7. The molecule has 0 saturated heterocycles. The van der Waals surface area contributed by atoms with E-state index in [1.54, 1.807) is 24.3 Å². The van der Waals surface area contributed by atoms with E-state index in [1.165, 1.54) is 20.8 Å². The number of aliphatic carboxylic acids is 1. The predicted octanol–water partition coefficient (Wildman–Crippen LogP) is -2.12. The molecule has 6 unspecified atom stereocenters. The third kappa shape index (κ3) is 8.32. The summed E-state index contributed by atoms with van der Waals surface area (Å²) in [6.07, 6.45) is -2.44. The number of carboxylic acid groups (broad SMARTS) is 1. The van der Waals surface area contributed by atoms with E-state index in [9.17, 15) is 29.4 Å². The van der Waals surface area contributed by atoms with E-state index >= 15 is 0 Å². The van der Waals surface area contributed by atoms with Crippen LogP contribution in [-0.2, 0) is 25.6 Å². The molecule has 31 heavy (non-hydrogen) atoms. The number of hydrogen-bond acceptors (Lipinski definition) is 7. The van der Waals surface area contributed by atoms with Crippen LogP contribution in [0.1, 0.15) is 26.3 Å². The Hall–Kier alpha value is -3.02. The van der Waals surface area contributed by atoms with E-state index in [0.29, 0.717) is 0 Å². The molecule has 8 N–H and O–H groups in total. The zero-order valence-corrected chi connectivity index (χ0v) is 17.6. The van der Waals surface area contributed by atoms with E-state index in [0.717, 1.165) is 5.56 Å². The van der Waals surface area contributed by atoms with Gasteiger partial charge in [-0.05, 0) is 32.8 Å². The Morgan fingerprint density at radius 3 is 1.84 bits per heavy atom. The van der Waals surface area contributed by atoms with Crippen LogP contribution in [0.5, 0.6) is 0 Å². The molecule has 0 heterocycles. The van der Waals surface area contributed by atoms with E-state index in [1.807, 2.05) is 6.07 Å². The van der Waals surface area contributed by atoms with Gasteiger partial charge in [0.2, 0.25) is 17.7 Å². The van der Waals surface area contributed by atoms with Gasteiger partial charge in [-0.2, -0.15) is 0 Å². The Balaban J connectivity index is 2.72. The summed E-state index contributed by atoms with van der Waals surface area (Å²) in [5.41, 5.74) is 6.71. The number of aliphatic hydroxyl groups is 2. The van der Waals surface area contributed by atoms with Crippen LogP contribution < -0.4 is 21.7 Å². The van der Waals surface area contributed by atoms with Gasteiger partial charge in [0.15, 0.2) is 6.04 Å². The maximum Gasteiger partial charge on any atom is 0.328 e. The highest BCUT2D eigenvalue weighted by molar-refractivity contribution is 5.94. The van der Waals surface area contributed by atoms with Crippen LogP contribution in [0.25, 0.3) is 0 Å². The number of hydrogen-bond donors (Lipinski definition) is 7. The molecule has 0 fully saturated rings. The first-order valence-electron chi connectivity index (χ1n) is 9.73. The first-order valence-corrected chi connectivity index (χ1v) is 9.73. The highest BCUT2D eigenvalue weighted by Gasteiger charge is 2.31. The van der Waals surface area contributed by atoms with Gasteiger partial charge in [0.25, 0.3) is 0 Å². The molecule has 0 radical (unpaired) electrons. The molecule has 0 saturated carbocycles. The average molecular weight is 438 g/mol. The summed E-state index contributed by atoms with van der Waals surface area (Å²) in [6, 6.07) is 3.87. The summed E-state index contributed by atoms with van der Waals surface area (Å²) >= 11 is 0. The first kappa shape index (κ1) is 26.0.